The number of nitrogens with zero attached hydrogens (tertiary/aromatic N) is 2. The third-order valence-corrected chi connectivity index (χ3v) is 4.03. The number of aliphatic carboxylic acids is 1. The van der Waals surface area contributed by atoms with Gasteiger partial charge >= 0.3 is 5.97 Å². The molecule has 0 fully saturated rings. The molecule has 2 rings (SSSR count). The molecule has 1 heterocycles. The molecule has 2 N–H and O–H groups in total. The highest BCUT2D eigenvalue weighted by atomic mass is 32.2. The minimum atomic E-state index is -0.852. The lowest BCUT2D eigenvalue weighted by Gasteiger charge is -2.12. The SMILES string of the molecule is CSCc1nc2ccccc2n1CC(=O)NCC(C)CC(=O)O. The molecule has 1 atom stereocenters. The summed E-state index contributed by atoms with van der Waals surface area (Å²) in [5.74, 6) is 0.522. The van der Waals surface area contributed by atoms with Crippen molar-refractivity contribution >= 4 is 34.7 Å². The monoisotopic (exact) mass is 335 g/mol. The van der Waals surface area contributed by atoms with E-state index in [0.717, 1.165) is 22.6 Å². The molecule has 23 heavy (non-hydrogen) atoms. The number of imidazole rings is 1. The highest BCUT2D eigenvalue weighted by Crippen LogP contribution is 2.18. The van der Waals surface area contributed by atoms with E-state index in [1.807, 2.05) is 35.1 Å². The number of thioether (sulfide) groups is 1. The van der Waals surface area contributed by atoms with Crippen molar-refractivity contribution in [3.05, 3.63) is 30.1 Å². The predicted octanol–water partition coefficient (Wildman–Crippen LogP) is 2.13. The molecular formula is C16H21N3O3S. The largest absolute Gasteiger partial charge is 0.481 e. The van der Waals surface area contributed by atoms with Crippen molar-refractivity contribution in [1.29, 1.82) is 0 Å². The topological polar surface area (TPSA) is 84.2 Å². The van der Waals surface area contributed by atoms with E-state index in [-0.39, 0.29) is 24.8 Å². The summed E-state index contributed by atoms with van der Waals surface area (Å²) in [7, 11) is 0. The van der Waals surface area contributed by atoms with Crippen LogP contribution in [0.25, 0.3) is 11.0 Å². The second kappa shape index (κ2) is 8.01. The molecule has 0 saturated heterocycles. The number of carbonyl (C=O) groups excluding carboxylic acids is 1. The number of aromatic nitrogens is 2. The van der Waals surface area contributed by atoms with Crippen LogP contribution in [0.5, 0.6) is 0 Å². The number of benzene rings is 1. The molecule has 0 aliphatic rings. The van der Waals surface area contributed by atoms with Crippen molar-refractivity contribution in [2.75, 3.05) is 12.8 Å². The number of hydrogen-bond donors (Lipinski definition) is 2. The van der Waals surface area contributed by atoms with Gasteiger partial charge in [-0.15, -0.1) is 0 Å². The van der Waals surface area contributed by atoms with Gasteiger partial charge in [0.1, 0.15) is 12.4 Å². The standard InChI is InChI=1S/C16H21N3O3S/c1-11(7-16(21)22)8-17-15(20)9-19-13-6-4-3-5-12(13)18-14(19)10-23-2/h3-6,11H,7-10H2,1-2H3,(H,17,20)(H,21,22). The average molecular weight is 335 g/mol. The van der Waals surface area contributed by atoms with E-state index in [1.165, 1.54) is 0 Å². The summed E-state index contributed by atoms with van der Waals surface area (Å²) in [4.78, 5) is 27.4. The molecule has 2 aromatic rings. The van der Waals surface area contributed by atoms with E-state index in [4.69, 9.17) is 5.11 Å². The summed E-state index contributed by atoms with van der Waals surface area (Å²) in [6.45, 7) is 2.35. The number of rotatable bonds is 8. The number of hydrogen-bond acceptors (Lipinski definition) is 4. The number of para-hydroxylation sites is 2. The lowest BCUT2D eigenvalue weighted by atomic mass is 10.1. The van der Waals surface area contributed by atoms with E-state index in [0.29, 0.717) is 6.54 Å². The number of fused-ring (bicyclic) bond motifs is 1. The zero-order chi connectivity index (χ0) is 16.8. The number of carbonyl (C=O) groups is 2. The van der Waals surface area contributed by atoms with E-state index in [2.05, 4.69) is 10.3 Å². The zero-order valence-electron chi connectivity index (χ0n) is 13.3. The molecule has 0 radical (unpaired) electrons. The summed E-state index contributed by atoms with van der Waals surface area (Å²) >= 11 is 1.66. The minimum Gasteiger partial charge on any atom is -0.481 e. The van der Waals surface area contributed by atoms with Gasteiger partial charge in [0.2, 0.25) is 5.91 Å². The van der Waals surface area contributed by atoms with Crippen LogP contribution in [0.4, 0.5) is 0 Å². The summed E-state index contributed by atoms with van der Waals surface area (Å²) in [5, 5.41) is 11.5. The van der Waals surface area contributed by atoms with E-state index < -0.39 is 5.97 Å². The summed E-state index contributed by atoms with van der Waals surface area (Å²) in [6, 6.07) is 7.74. The first-order valence-corrected chi connectivity index (χ1v) is 8.82. The number of amides is 1. The number of nitrogens with one attached hydrogen (secondary N) is 1. The molecule has 124 valence electrons. The Morgan fingerprint density at radius 1 is 1.39 bits per heavy atom. The summed E-state index contributed by atoms with van der Waals surface area (Å²) < 4.78 is 1.92. The van der Waals surface area contributed by atoms with E-state index in [1.54, 1.807) is 18.7 Å². The Morgan fingerprint density at radius 3 is 2.83 bits per heavy atom. The first kappa shape index (κ1) is 17.3. The Kier molecular flexibility index (Phi) is 6.04. The van der Waals surface area contributed by atoms with Crippen molar-refractivity contribution in [2.24, 2.45) is 5.92 Å². The molecule has 0 aliphatic heterocycles. The Morgan fingerprint density at radius 2 is 2.13 bits per heavy atom. The fraction of sp³-hybridized carbons (Fsp3) is 0.438. The normalized spacial score (nSPS) is 12.3. The Hall–Kier alpha value is -2.02. The van der Waals surface area contributed by atoms with Crippen molar-refractivity contribution in [2.45, 2.75) is 25.6 Å². The van der Waals surface area contributed by atoms with Gasteiger partial charge in [0, 0.05) is 13.0 Å². The van der Waals surface area contributed by atoms with Crippen LogP contribution in [-0.2, 0) is 21.9 Å². The van der Waals surface area contributed by atoms with Crippen LogP contribution in [-0.4, -0.2) is 39.3 Å². The fourth-order valence-electron chi connectivity index (χ4n) is 2.40. The summed E-state index contributed by atoms with van der Waals surface area (Å²) in [5.41, 5.74) is 1.81. The van der Waals surface area contributed by atoms with Crippen LogP contribution >= 0.6 is 11.8 Å². The van der Waals surface area contributed by atoms with Crippen LogP contribution in [0.3, 0.4) is 0 Å². The molecule has 1 amide bonds. The van der Waals surface area contributed by atoms with E-state index in [9.17, 15) is 9.59 Å². The van der Waals surface area contributed by atoms with Crippen molar-refractivity contribution in [3.8, 4) is 0 Å². The van der Waals surface area contributed by atoms with Crippen LogP contribution in [0.15, 0.2) is 24.3 Å². The van der Waals surface area contributed by atoms with Gasteiger partial charge in [-0.1, -0.05) is 19.1 Å². The third-order valence-electron chi connectivity index (χ3n) is 3.48. The molecule has 0 saturated carbocycles. The lowest BCUT2D eigenvalue weighted by Crippen LogP contribution is -2.32. The molecule has 1 unspecified atom stereocenters. The maximum absolute atomic E-state index is 12.2. The molecule has 6 nitrogen and oxygen atoms in total. The van der Waals surface area contributed by atoms with Crippen molar-refractivity contribution < 1.29 is 14.7 Å². The average Bonchev–Trinajstić information content (AvgIpc) is 2.83. The highest BCUT2D eigenvalue weighted by molar-refractivity contribution is 7.97. The van der Waals surface area contributed by atoms with Gasteiger partial charge in [-0.2, -0.15) is 11.8 Å². The van der Waals surface area contributed by atoms with Gasteiger partial charge in [-0.25, -0.2) is 4.98 Å². The van der Waals surface area contributed by atoms with Crippen LogP contribution < -0.4 is 5.32 Å². The quantitative estimate of drug-likeness (QED) is 0.772. The molecule has 0 spiro atoms. The first-order chi connectivity index (χ1) is 11.0. The maximum Gasteiger partial charge on any atom is 0.303 e. The Labute approximate surface area is 139 Å². The van der Waals surface area contributed by atoms with Gasteiger partial charge in [-0.05, 0) is 24.3 Å². The van der Waals surface area contributed by atoms with Crippen LogP contribution in [0, 0.1) is 5.92 Å². The third kappa shape index (κ3) is 4.72. The van der Waals surface area contributed by atoms with Gasteiger partial charge < -0.3 is 15.0 Å². The molecular weight excluding hydrogens is 314 g/mol. The number of carboxylic acids is 1. The Bertz CT molecular complexity index is 699. The Balaban J connectivity index is 2.06. The van der Waals surface area contributed by atoms with Crippen LogP contribution in [0.2, 0.25) is 0 Å². The smallest absolute Gasteiger partial charge is 0.303 e. The van der Waals surface area contributed by atoms with Gasteiger partial charge in [0.25, 0.3) is 0 Å². The van der Waals surface area contributed by atoms with Gasteiger partial charge in [0.05, 0.1) is 16.8 Å². The molecule has 0 aliphatic carbocycles. The number of carboxylic acid groups (broad SMARTS) is 1. The van der Waals surface area contributed by atoms with Crippen LogP contribution in [0.1, 0.15) is 19.2 Å². The molecule has 1 aromatic heterocycles. The predicted molar refractivity (Wildman–Crippen MR) is 91.4 cm³/mol. The lowest BCUT2D eigenvalue weighted by molar-refractivity contribution is -0.138. The second-order valence-corrected chi connectivity index (χ2v) is 6.41. The first-order valence-electron chi connectivity index (χ1n) is 7.42. The fourth-order valence-corrected chi connectivity index (χ4v) is 2.88. The van der Waals surface area contributed by atoms with Gasteiger partial charge in [-0.3, -0.25) is 9.59 Å². The van der Waals surface area contributed by atoms with E-state index >= 15 is 0 Å². The highest BCUT2D eigenvalue weighted by Gasteiger charge is 2.14. The minimum absolute atomic E-state index is 0.0476. The molecule has 1 aromatic carbocycles. The van der Waals surface area contributed by atoms with Crippen molar-refractivity contribution in [3.63, 3.8) is 0 Å². The molecule has 0 bridgehead atoms. The zero-order valence-corrected chi connectivity index (χ0v) is 14.1. The maximum atomic E-state index is 12.2. The second-order valence-electron chi connectivity index (χ2n) is 5.54. The summed E-state index contributed by atoms with van der Waals surface area (Å²) in [6.07, 6.45) is 2.04. The van der Waals surface area contributed by atoms with Gasteiger partial charge in [0.15, 0.2) is 0 Å². The van der Waals surface area contributed by atoms with Crippen molar-refractivity contribution in [1.82, 2.24) is 14.9 Å². The molecule has 7 heteroatoms.